The molecule has 3 N–H and O–H groups in total. The second kappa shape index (κ2) is 7.66. The first kappa shape index (κ1) is 14.4. The predicted octanol–water partition coefficient (Wildman–Crippen LogP) is 2.48. The third kappa shape index (κ3) is 5.63. The summed E-state index contributed by atoms with van der Waals surface area (Å²) in [6.07, 6.45) is 2.43. The molecule has 0 spiro atoms. The molecule has 0 radical (unpaired) electrons. The van der Waals surface area contributed by atoms with Gasteiger partial charge < -0.3 is 15.8 Å². The van der Waals surface area contributed by atoms with Gasteiger partial charge in [-0.1, -0.05) is 31.6 Å². The molecule has 0 aliphatic rings. The Morgan fingerprint density at radius 1 is 1.50 bits per heavy atom. The van der Waals surface area contributed by atoms with Crippen LogP contribution in [0.3, 0.4) is 0 Å². The van der Waals surface area contributed by atoms with Crippen molar-refractivity contribution in [2.75, 3.05) is 11.9 Å². The lowest BCUT2D eigenvalue weighted by Crippen LogP contribution is -2.18. The van der Waals surface area contributed by atoms with E-state index in [4.69, 9.17) is 22.7 Å². The SMILES string of the molecule is CCCCC(=O)Nc1cccc(OCC(N)=S)c1. The Hall–Kier alpha value is -1.62. The minimum absolute atomic E-state index is 0.0170. The second-order valence-electron chi connectivity index (χ2n) is 3.93. The van der Waals surface area contributed by atoms with Gasteiger partial charge in [-0.05, 0) is 18.6 Å². The number of hydrogen-bond acceptors (Lipinski definition) is 3. The molecule has 0 bridgehead atoms. The van der Waals surface area contributed by atoms with Gasteiger partial charge in [-0.2, -0.15) is 0 Å². The summed E-state index contributed by atoms with van der Waals surface area (Å²) in [5.74, 6) is 0.652. The number of hydrogen-bond donors (Lipinski definition) is 2. The van der Waals surface area contributed by atoms with E-state index < -0.39 is 0 Å². The van der Waals surface area contributed by atoms with E-state index in [1.165, 1.54) is 0 Å². The number of unbranched alkanes of at least 4 members (excludes halogenated alkanes) is 1. The summed E-state index contributed by atoms with van der Waals surface area (Å²) in [5, 5.41) is 2.82. The molecule has 98 valence electrons. The average Bonchev–Trinajstić information content (AvgIpc) is 2.34. The molecule has 1 aromatic carbocycles. The van der Waals surface area contributed by atoms with Gasteiger partial charge in [-0.3, -0.25) is 4.79 Å². The van der Waals surface area contributed by atoms with Crippen LogP contribution in [0.25, 0.3) is 0 Å². The monoisotopic (exact) mass is 266 g/mol. The van der Waals surface area contributed by atoms with Crippen LogP contribution in [-0.4, -0.2) is 17.5 Å². The van der Waals surface area contributed by atoms with Gasteiger partial charge in [-0.15, -0.1) is 0 Å². The third-order valence-corrected chi connectivity index (χ3v) is 2.37. The highest BCUT2D eigenvalue weighted by atomic mass is 32.1. The molecule has 0 saturated heterocycles. The van der Waals surface area contributed by atoms with Crippen LogP contribution >= 0.6 is 12.2 Å². The highest BCUT2D eigenvalue weighted by Crippen LogP contribution is 2.17. The minimum atomic E-state index is 0.0170. The predicted molar refractivity (Wildman–Crippen MR) is 76.9 cm³/mol. The van der Waals surface area contributed by atoms with Crippen molar-refractivity contribution in [2.24, 2.45) is 5.73 Å². The summed E-state index contributed by atoms with van der Waals surface area (Å²) < 4.78 is 5.35. The van der Waals surface area contributed by atoms with Crippen LogP contribution in [0.4, 0.5) is 5.69 Å². The maximum absolute atomic E-state index is 11.6. The Morgan fingerprint density at radius 2 is 2.28 bits per heavy atom. The van der Waals surface area contributed by atoms with E-state index in [9.17, 15) is 4.79 Å². The number of nitrogens with one attached hydrogen (secondary N) is 1. The summed E-state index contributed by atoms with van der Waals surface area (Å²) in [7, 11) is 0. The van der Waals surface area contributed by atoms with Crippen molar-refractivity contribution < 1.29 is 9.53 Å². The summed E-state index contributed by atoms with van der Waals surface area (Å²) in [6.45, 7) is 2.25. The fourth-order valence-electron chi connectivity index (χ4n) is 1.38. The van der Waals surface area contributed by atoms with E-state index in [1.807, 2.05) is 12.1 Å². The van der Waals surface area contributed by atoms with Crippen LogP contribution in [0.2, 0.25) is 0 Å². The Balaban J connectivity index is 2.53. The topological polar surface area (TPSA) is 64.3 Å². The van der Waals surface area contributed by atoms with Crippen LogP contribution in [0.5, 0.6) is 5.75 Å². The zero-order valence-corrected chi connectivity index (χ0v) is 11.3. The average molecular weight is 266 g/mol. The molecule has 0 aliphatic heterocycles. The summed E-state index contributed by atoms with van der Waals surface area (Å²) in [4.78, 5) is 11.9. The van der Waals surface area contributed by atoms with E-state index >= 15 is 0 Å². The molecule has 0 fully saturated rings. The molecule has 1 rings (SSSR count). The lowest BCUT2D eigenvalue weighted by Gasteiger charge is -2.08. The van der Waals surface area contributed by atoms with E-state index in [0.29, 0.717) is 17.2 Å². The standard InChI is InChI=1S/C13H18N2O2S/c1-2-3-7-13(16)15-10-5-4-6-11(8-10)17-9-12(14)18/h4-6,8H,2-3,7,9H2,1H3,(H2,14,18)(H,15,16). The number of benzene rings is 1. The molecule has 0 heterocycles. The number of amides is 1. The van der Waals surface area contributed by atoms with Crippen LogP contribution < -0.4 is 15.8 Å². The number of rotatable bonds is 7. The summed E-state index contributed by atoms with van der Waals surface area (Å²) in [5.41, 5.74) is 6.07. The first-order valence-electron chi connectivity index (χ1n) is 5.93. The smallest absolute Gasteiger partial charge is 0.224 e. The number of carbonyl (C=O) groups excluding carboxylic acids is 1. The van der Waals surface area contributed by atoms with Crippen molar-refractivity contribution in [3.05, 3.63) is 24.3 Å². The van der Waals surface area contributed by atoms with Gasteiger partial charge in [0.25, 0.3) is 0 Å². The van der Waals surface area contributed by atoms with E-state index in [2.05, 4.69) is 12.2 Å². The summed E-state index contributed by atoms with van der Waals surface area (Å²) in [6, 6.07) is 7.17. The first-order valence-corrected chi connectivity index (χ1v) is 6.33. The van der Waals surface area contributed by atoms with Crippen molar-refractivity contribution in [2.45, 2.75) is 26.2 Å². The largest absolute Gasteiger partial charge is 0.486 e. The number of ether oxygens (including phenoxy) is 1. The van der Waals surface area contributed by atoms with Crippen molar-refractivity contribution >= 4 is 28.8 Å². The zero-order valence-electron chi connectivity index (χ0n) is 10.4. The maximum Gasteiger partial charge on any atom is 0.224 e. The van der Waals surface area contributed by atoms with Gasteiger partial charge >= 0.3 is 0 Å². The van der Waals surface area contributed by atoms with Gasteiger partial charge in [0.05, 0.1) is 0 Å². The van der Waals surface area contributed by atoms with E-state index in [1.54, 1.807) is 12.1 Å². The first-order chi connectivity index (χ1) is 8.61. The molecule has 0 atom stereocenters. The van der Waals surface area contributed by atoms with Crippen LogP contribution in [0.1, 0.15) is 26.2 Å². The lowest BCUT2D eigenvalue weighted by atomic mass is 10.2. The van der Waals surface area contributed by atoms with Gasteiger partial charge in [0.2, 0.25) is 5.91 Å². The summed E-state index contributed by atoms with van der Waals surface area (Å²) >= 11 is 4.73. The zero-order chi connectivity index (χ0) is 13.4. The Kier molecular flexibility index (Phi) is 6.14. The maximum atomic E-state index is 11.6. The molecule has 5 heteroatoms. The number of anilines is 1. The van der Waals surface area contributed by atoms with E-state index in [0.717, 1.165) is 18.5 Å². The Labute approximate surface area is 113 Å². The van der Waals surface area contributed by atoms with Gasteiger partial charge in [0.1, 0.15) is 17.3 Å². The number of carbonyl (C=O) groups is 1. The normalized spacial score (nSPS) is 9.83. The van der Waals surface area contributed by atoms with Gasteiger partial charge in [-0.25, -0.2) is 0 Å². The fourth-order valence-corrected chi connectivity index (χ4v) is 1.44. The van der Waals surface area contributed by atoms with Crippen LogP contribution in [-0.2, 0) is 4.79 Å². The molecule has 0 aromatic heterocycles. The fraction of sp³-hybridized carbons (Fsp3) is 0.385. The molecular weight excluding hydrogens is 248 g/mol. The minimum Gasteiger partial charge on any atom is -0.486 e. The molecule has 1 amide bonds. The lowest BCUT2D eigenvalue weighted by molar-refractivity contribution is -0.116. The number of thiocarbonyl (C=S) groups is 1. The van der Waals surface area contributed by atoms with E-state index in [-0.39, 0.29) is 12.5 Å². The molecule has 0 unspecified atom stereocenters. The highest BCUT2D eigenvalue weighted by molar-refractivity contribution is 7.80. The quantitative estimate of drug-likeness (QED) is 0.744. The van der Waals surface area contributed by atoms with Crippen molar-refractivity contribution in [1.29, 1.82) is 0 Å². The molecule has 0 saturated carbocycles. The molecular formula is C13H18N2O2S. The molecule has 0 aliphatic carbocycles. The number of nitrogens with two attached hydrogens (primary N) is 1. The van der Waals surface area contributed by atoms with Crippen LogP contribution in [0.15, 0.2) is 24.3 Å². The second-order valence-corrected chi connectivity index (χ2v) is 4.46. The molecule has 18 heavy (non-hydrogen) atoms. The van der Waals surface area contributed by atoms with Gasteiger partial charge in [0.15, 0.2) is 0 Å². The Bertz CT molecular complexity index is 421. The van der Waals surface area contributed by atoms with Crippen molar-refractivity contribution in [3.8, 4) is 5.75 Å². The third-order valence-electron chi connectivity index (χ3n) is 2.26. The van der Waals surface area contributed by atoms with Gasteiger partial charge in [0, 0.05) is 18.2 Å². The Morgan fingerprint density at radius 3 is 2.94 bits per heavy atom. The van der Waals surface area contributed by atoms with Crippen LogP contribution in [0, 0.1) is 0 Å². The molecule has 4 nitrogen and oxygen atoms in total. The van der Waals surface area contributed by atoms with Crippen molar-refractivity contribution in [1.82, 2.24) is 0 Å². The van der Waals surface area contributed by atoms with Crippen molar-refractivity contribution in [3.63, 3.8) is 0 Å². The molecule has 1 aromatic rings. The highest BCUT2D eigenvalue weighted by Gasteiger charge is 2.03.